The third-order valence-electron chi connectivity index (χ3n) is 4.31. The van der Waals surface area contributed by atoms with Gasteiger partial charge in [0.1, 0.15) is 5.69 Å². The zero-order valence-corrected chi connectivity index (χ0v) is 16.5. The molecule has 2 aromatic heterocycles. The average Bonchev–Trinajstić information content (AvgIpc) is 3.21. The average molecular weight is 449 g/mol. The Labute approximate surface area is 179 Å². The Balaban J connectivity index is 1.87. The normalized spacial score (nSPS) is 11.3. The largest absolute Gasteiger partial charge is 0.493 e. The molecule has 0 unspecified atom stereocenters. The van der Waals surface area contributed by atoms with E-state index in [0.717, 1.165) is 11.1 Å². The first-order valence-corrected chi connectivity index (χ1v) is 9.25. The van der Waals surface area contributed by atoms with Gasteiger partial charge in [0.15, 0.2) is 0 Å². The summed E-state index contributed by atoms with van der Waals surface area (Å²) in [6.45, 7) is 0.106. The van der Waals surface area contributed by atoms with E-state index in [9.17, 15) is 22.8 Å². The molecule has 0 aliphatic heterocycles. The summed E-state index contributed by atoms with van der Waals surface area (Å²) in [5.74, 6) is -3.65. The predicted molar refractivity (Wildman–Crippen MR) is 105 cm³/mol. The Kier molecular flexibility index (Phi) is 6.85. The van der Waals surface area contributed by atoms with Crippen LogP contribution in [0.4, 0.5) is 13.2 Å². The molecule has 0 saturated heterocycles. The number of pyridine rings is 1. The van der Waals surface area contributed by atoms with E-state index in [1.807, 2.05) is 0 Å². The molecule has 3 rings (SSSR count). The molecule has 0 radical (unpaired) electrons. The van der Waals surface area contributed by atoms with Gasteiger partial charge in [-0.25, -0.2) is 4.79 Å². The molecule has 2 heterocycles. The number of nitrogens with one attached hydrogen (secondary N) is 1. The number of hydrogen-bond donors (Lipinski definition) is 3. The molecule has 0 aliphatic carbocycles. The number of hydrogen-bond acceptors (Lipinski definition) is 7. The van der Waals surface area contributed by atoms with E-state index in [2.05, 4.69) is 14.9 Å². The van der Waals surface area contributed by atoms with Crippen LogP contribution in [0.2, 0.25) is 0 Å². The lowest BCUT2D eigenvalue weighted by Gasteiger charge is -2.08. The molecule has 1 amide bonds. The second kappa shape index (κ2) is 9.58. The molecule has 1 aromatic carbocycles. The van der Waals surface area contributed by atoms with Crippen molar-refractivity contribution in [1.29, 1.82) is 0 Å². The molecular weight excluding hydrogens is 431 g/mol. The number of hydroxylamine groups is 1. The maximum atomic E-state index is 12.3. The van der Waals surface area contributed by atoms with E-state index in [-0.39, 0.29) is 25.4 Å². The number of alkyl halides is 3. The summed E-state index contributed by atoms with van der Waals surface area (Å²) in [5.41, 5.74) is 9.89. The number of aliphatic hydroxyl groups excluding tert-OH is 1. The van der Waals surface area contributed by atoms with E-state index < -0.39 is 18.1 Å². The summed E-state index contributed by atoms with van der Waals surface area (Å²) in [6, 6.07) is 11.8. The van der Waals surface area contributed by atoms with E-state index in [1.165, 1.54) is 22.4 Å². The summed E-state index contributed by atoms with van der Waals surface area (Å²) in [7, 11) is 0. The summed E-state index contributed by atoms with van der Waals surface area (Å²) >= 11 is 0. The number of carbonyl (C=O) groups is 2. The van der Waals surface area contributed by atoms with Crippen LogP contribution < -0.4 is 11.2 Å². The summed E-state index contributed by atoms with van der Waals surface area (Å²) in [6.07, 6.45) is -3.71. The molecule has 0 aliphatic rings. The lowest BCUT2D eigenvalue weighted by Crippen LogP contribution is -2.35. The first-order chi connectivity index (χ1) is 15.2. The Morgan fingerprint density at radius 1 is 1.09 bits per heavy atom. The first kappa shape index (κ1) is 22.9. The number of rotatable bonds is 6. The van der Waals surface area contributed by atoms with Gasteiger partial charge in [0.25, 0.3) is 0 Å². The molecule has 9 nitrogen and oxygen atoms in total. The molecule has 0 fully saturated rings. The van der Waals surface area contributed by atoms with E-state index in [1.54, 1.807) is 36.4 Å². The molecule has 12 heteroatoms. The monoisotopic (exact) mass is 449 g/mol. The molecule has 32 heavy (non-hydrogen) atoms. The van der Waals surface area contributed by atoms with Crippen molar-refractivity contribution in [2.24, 2.45) is 5.73 Å². The van der Waals surface area contributed by atoms with Gasteiger partial charge in [-0.05, 0) is 23.8 Å². The molecule has 168 valence electrons. The molecule has 0 saturated carbocycles. The van der Waals surface area contributed by atoms with Gasteiger partial charge in [-0.3, -0.25) is 14.5 Å². The smallest absolute Gasteiger partial charge is 0.392 e. The highest BCUT2D eigenvalue weighted by Crippen LogP contribution is 2.25. The van der Waals surface area contributed by atoms with Gasteiger partial charge in [-0.15, -0.1) is 0 Å². The zero-order chi connectivity index (χ0) is 23.3. The minimum absolute atomic E-state index is 0.0878. The van der Waals surface area contributed by atoms with Gasteiger partial charge < -0.3 is 15.7 Å². The Hall–Kier alpha value is -3.77. The van der Waals surface area contributed by atoms with Crippen molar-refractivity contribution in [3.05, 3.63) is 59.9 Å². The fourth-order valence-corrected chi connectivity index (χ4v) is 2.76. The van der Waals surface area contributed by atoms with Crippen LogP contribution in [0.5, 0.6) is 0 Å². The van der Waals surface area contributed by atoms with Crippen LogP contribution >= 0.6 is 0 Å². The van der Waals surface area contributed by atoms with Crippen LogP contribution in [0.1, 0.15) is 16.1 Å². The Bertz CT molecular complexity index is 1110. The minimum Gasteiger partial charge on any atom is -0.392 e. The lowest BCUT2D eigenvalue weighted by molar-refractivity contribution is -0.204. The van der Waals surface area contributed by atoms with Crippen molar-refractivity contribution in [2.75, 3.05) is 6.54 Å². The quantitative estimate of drug-likeness (QED) is 0.489. The fraction of sp³-hybridized carbons (Fsp3) is 0.200. The highest BCUT2D eigenvalue weighted by Gasteiger charge is 2.42. The van der Waals surface area contributed by atoms with Gasteiger partial charge in [0.05, 0.1) is 24.5 Å². The minimum atomic E-state index is -5.25. The highest BCUT2D eigenvalue weighted by atomic mass is 19.4. The molecule has 4 N–H and O–H groups in total. The summed E-state index contributed by atoms with van der Waals surface area (Å²) in [5, 5.41) is 13.4. The molecule has 0 spiro atoms. The number of benzene rings is 1. The Morgan fingerprint density at radius 2 is 1.81 bits per heavy atom. The highest BCUT2D eigenvalue weighted by molar-refractivity contribution is 5.94. The van der Waals surface area contributed by atoms with Crippen molar-refractivity contribution in [2.45, 2.75) is 19.3 Å². The number of nitrogens with zero attached hydrogens (tertiary/aromatic N) is 3. The van der Waals surface area contributed by atoms with Gasteiger partial charge in [-0.1, -0.05) is 24.3 Å². The predicted octanol–water partition coefficient (Wildman–Crippen LogP) is 1.81. The van der Waals surface area contributed by atoms with Crippen LogP contribution in [0.3, 0.4) is 0 Å². The second-order valence-corrected chi connectivity index (χ2v) is 6.53. The third-order valence-corrected chi connectivity index (χ3v) is 4.31. The maximum absolute atomic E-state index is 12.3. The van der Waals surface area contributed by atoms with Gasteiger partial charge in [0.2, 0.25) is 0 Å². The first-order valence-electron chi connectivity index (χ1n) is 9.25. The molecule has 3 aromatic rings. The lowest BCUT2D eigenvalue weighted by atomic mass is 10.1. The molecule has 0 atom stereocenters. The van der Waals surface area contributed by atoms with Crippen molar-refractivity contribution >= 4 is 11.9 Å². The van der Waals surface area contributed by atoms with Crippen molar-refractivity contribution < 1.29 is 32.7 Å². The number of aromatic nitrogens is 3. The van der Waals surface area contributed by atoms with E-state index >= 15 is 0 Å². The Morgan fingerprint density at radius 3 is 2.44 bits per heavy atom. The SMILES string of the molecule is NCCn1nc(-c2ccnc(-c3ccc(CO)cc3)c2)cc1C(=O)NOC(=O)C(F)(F)F. The zero-order valence-electron chi connectivity index (χ0n) is 16.5. The van der Waals surface area contributed by atoms with E-state index in [4.69, 9.17) is 10.8 Å². The van der Waals surface area contributed by atoms with Crippen LogP contribution in [-0.2, 0) is 22.8 Å². The van der Waals surface area contributed by atoms with Crippen molar-refractivity contribution in [1.82, 2.24) is 20.2 Å². The van der Waals surface area contributed by atoms with Crippen molar-refractivity contribution in [3.8, 4) is 22.5 Å². The van der Waals surface area contributed by atoms with Gasteiger partial charge >= 0.3 is 18.1 Å². The van der Waals surface area contributed by atoms with Gasteiger partial charge in [-0.2, -0.15) is 23.8 Å². The number of halogens is 3. The topological polar surface area (TPSA) is 132 Å². The van der Waals surface area contributed by atoms with E-state index in [0.29, 0.717) is 17.0 Å². The van der Waals surface area contributed by atoms with Crippen LogP contribution in [0.15, 0.2) is 48.7 Å². The molecule has 0 bridgehead atoms. The van der Waals surface area contributed by atoms with Crippen molar-refractivity contribution in [3.63, 3.8) is 0 Å². The molecular formula is C20H18F3N5O4. The van der Waals surface area contributed by atoms with Crippen LogP contribution in [0.25, 0.3) is 22.5 Å². The summed E-state index contributed by atoms with van der Waals surface area (Å²) < 4.78 is 38.0. The standard InChI is InChI=1S/C20H18F3N5O4/c21-20(22,23)19(31)32-27-18(30)17-10-16(26-28(17)8-6-24)14-5-7-25-15(9-14)13-3-1-12(11-29)2-4-13/h1-5,7,9-10,29H,6,8,11,24H2,(H,27,30). The van der Waals surface area contributed by atoms with Gasteiger partial charge in [0, 0.05) is 23.9 Å². The second-order valence-electron chi connectivity index (χ2n) is 6.53. The van der Waals surface area contributed by atoms with Crippen LogP contribution in [0, 0.1) is 0 Å². The maximum Gasteiger partial charge on any atom is 0.493 e. The van der Waals surface area contributed by atoms with Crippen LogP contribution in [-0.4, -0.2) is 44.5 Å². The number of amides is 1. The summed E-state index contributed by atoms with van der Waals surface area (Å²) in [4.78, 5) is 31.2. The number of aliphatic hydroxyl groups is 1. The fourth-order valence-electron chi connectivity index (χ4n) is 2.76. The number of carbonyl (C=O) groups excluding carboxylic acids is 2. The third kappa shape index (κ3) is 5.28. The number of nitrogens with two attached hydrogens (primary N) is 1.